The SMILES string of the molecule is Ic1ccccc1CSSCc1ccccc1I. The third-order valence-corrected chi connectivity index (χ3v) is 6.76. The molecule has 2 rings (SSSR count). The monoisotopic (exact) mass is 498 g/mol. The minimum atomic E-state index is 1.08. The van der Waals surface area contributed by atoms with Crippen LogP contribution in [0.2, 0.25) is 0 Å². The van der Waals surface area contributed by atoms with E-state index in [0.717, 1.165) is 11.5 Å². The predicted octanol–water partition coefficient (Wildman–Crippen LogP) is 5.98. The van der Waals surface area contributed by atoms with Crippen LogP contribution in [0.1, 0.15) is 11.1 Å². The van der Waals surface area contributed by atoms with Gasteiger partial charge in [0.2, 0.25) is 0 Å². The Labute approximate surface area is 143 Å². The van der Waals surface area contributed by atoms with Crippen molar-refractivity contribution in [3.63, 3.8) is 0 Å². The molecule has 94 valence electrons. The largest absolute Gasteiger partial charge is 0.0890 e. The van der Waals surface area contributed by atoms with E-state index in [1.54, 1.807) is 0 Å². The zero-order valence-corrected chi connectivity index (χ0v) is 15.6. The second-order valence-corrected chi connectivity index (χ2v) is 8.49. The lowest BCUT2D eigenvalue weighted by Crippen LogP contribution is -1.85. The van der Waals surface area contributed by atoms with Crippen LogP contribution in [0.5, 0.6) is 0 Å². The molecule has 0 amide bonds. The van der Waals surface area contributed by atoms with Gasteiger partial charge in [-0.15, -0.1) is 0 Å². The molecule has 0 N–H and O–H groups in total. The molecule has 18 heavy (non-hydrogen) atoms. The van der Waals surface area contributed by atoms with Crippen LogP contribution in [0.25, 0.3) is 0 Å². The Morgan fingerprint density at radius 1 is 0.667 bits per heavy atom. The van der Waals surface area contributed by atoms with Crippen LogP contribution in [0.4, 0.5) is 0 Å². The fraction of sp³-hybridized carbons (Fsp3) is 0.143. The van der Waals surface area contributed by atoms with E-state index in [9.17, 15) is 0 Å². The van der Waals surface area contributed by atoms with Gasteiger partial charge in [-0.1, -0.05) is 58.0 Å². The summed E-state index contributed by atoms with van der Waals surface area (Å²) >= 11 is 4.81. The molecule has 0 nitrogen and oxygen atoms in total. The quantitative estimate of drug-likeness (QED) is 0.283. The van der Waals surface area contributed by atoms with E-state index in [-0.39, 0.29) is 0 Å². The summed E-state index contributed by atoms with van der Waals surface area (Å²) in [6.45, 7) is 0. The molecule has 0 atom stereocenters. The van der Waals surface area contributed by atoms with Gasteiger partial charge in [0.15, 0.2) is 0 Å². The summed E-state index contributed by atoms with van der Waals surface area (Å²) in [5.41, 5.74) is 2.86. The molecule has 4 heteroatoms. The second-order valence-electron chi connectivity index (χ2n) is 3.71. The Kier molecular flexibility index (Phi) is 6.68. The van der Waals surface area contributed by atoms with Gasteiger partial charge in [0, 0.05) is 18.6 Å². The molecular formula is C14H12I2S2. The molecule has 0 aliphatic carbocycles. The lowest BCUT2D eigenvalue weighted by atomic mass is 10.2. The lowest BCUT2D eigenvalue weighted by molar-refractivity contribution is 1.38. The molecular weight excluding hydrogens is 486 g/mol. The smallest absolute Gasteiger partial charge is 0.0299 e. The topological polar surface area (TPSA) is 0 Å². The summed E-state index contributed by atoms with van der Waals surface area (Å²) in [6, 6.07) is 17.2. The highest BCUT2D eigenvalue weighted by atomic mass is 127. The molecule has 0 radical (unpaired) electrons. The Balaban J connectivity index is 1.80. The maximum Gasteiger partial charge on any atom is 0.0299 e. The maximum atomic E-state index is 2.41. The summed E-state index contributed by atoms with van der Waals surface area (Å²) in [6.07, 6.45) is 0. The average Bonchev–Trinajstić information content (AvgIpc) is 2.38. The van der Waals surface area contributed by atoms with Crippen LogP contribution >= 0.6 is 66.8 Å². The van der Waals surface area contributed by atoms with Gasteiger partial charge in [-0.2, -0.15) is 0 Å². The van der Waals surface area contributed by atoms with Crippen LogP contribution < -0.4 is 0 Å². The molecule has 0 saturated heterocycles. The van der Waals surface area contributed by atoms with Crippen molar-refractivity contribution in [3.05, 3.63) is 66.8 Å². The molecule has 0 spiro atoms. The van der Waals surface area contributed by atoms with E-state index in [2.05, 4.69) is 93.7 Å². The van der Waals surface area contributed by atoms with Gasteiger partial charge in [-0.25, -0.2) is 0 Å². The summed E-state index contributed by atoms with van der Waals surface area (Å²) < 4.78 is 2.72. The van der Waals surface area contributed by atoms with Crippen LogP contribution in [-0.4, -0.2) is 0 Å². The Bertz CT molecular complexity index is 467. The van der Waals surface area contributed by atoms with Crippen LogP contribution in [0.15, 0.2) is 48.5 Å². The fourth-order valence-electron chi connectivity index (χ4n) is 1.44. The Morgan fingerprint density at radius 2 is 1.06 bits per heavy atom. The minimum Gasteiger partial charge on any atom is -0.0890 e. The highest BCUT2D eigenvalue weighted by Crippen LogP contribution is 2.31. The summed E-state index contributed by atoms with van der Waals surface area (Å²) in [4.78, 5) is 0. The third-order valence-electron chi connectivity index (χ3n) is 2.43. The molecule has 2 aromatic rings. The maximum absolute atomic E-state index is 2.41. The summed E-state index contributed by atoms with van der Waals surface area (Å²) in [7, 11) is 3.87. The highest BCUT2D eigenvalue weighted by Gasteiger charge is 2.01. The first kappa shape index (κ1) is 15.0. The first-order valence-corrected chi connectivity index (χ1v) is 10.1. The Morgan fingerprint density at radius 3 is 1.44 bits per heavy atom. The Hall–Kier alpha value is 0.600. The van der Waals surface area contributed by atoms with Crippen molar-refractivity contribution in [2.45, 2.75) is 11.5 Å². The summed E-state index contributed by atoms with van der Waals surface area (Å²) in [5, 5.41) is 0. The number of hydrogen-bond acceptors (Lipinski definition) is 2. The van der Waals surface area contributed by atoms with Crippen molar-refractivity contribution in [2.75, 3.05) is 0 Å². The number of halogens is 2. The van der Waals surface area contributed by atoms with Crippen LogP contribution in [0.3, 0.4) is 0 Å². The second kappa shape index (κ2) is 8.01. The van der Waals surface area contributed by atoms with Gasteiger partial charge in [0.05, 0.1) is 0 Å². The zero-order valence-electron chi connectivity index (χ0n) is 9.61. The van der Waals surface area contributed by atoms with E-state index < -0.39 is 0 Å². The molecule has 0 aromatic heterocycles. The molecule has 0 fully saturated rings. The van der Waals surface area contributed by atoms with Crippen LogP contribution in [-0.2, 0) is 11.5 Å². The van der Waals surface area contributed by atoms with E-state index >= 15 is 0 Å². The van der Waals surface area contributed by atoms with Crippen molar-refractivity contribution in [1.82, 2.24) is 0 Å². The third kappa shape index (κ3) is 4.61. The number of benzene rings is 2. The van der Waals surface area contributed by atoms with Gasteiger partial charge in [-0.05, 0) is 68.4 Å². The van der Waals surface area contributed by atoms with Gasteiger partial charge in [-0.3, -0.25) is 0 Å². The van der Waals surface area contributed by atoms with Crippen molar-refractivity contribution in [3.8, 4) is 0 Å². The van der Waals surface area contributed by atoms with Crippen molar-refractivity contribution in [2.24, 2.45) is 0 Å². The van der Waals surface area contributed by atoms with Gasteiger partial charge >= 0.3 is 0 Å². The lowest BCUT2D eigenvalue weighted by Gasteiger charge is -2.05. The first-order chi connectivity index (χ1) is 8.77. The highest BCUT2D eigenvalue weighted by molar-refractivity contribution is 14.1. The predicted molar refractivity (Wildman–Crippen MR) is 101 cm³/mol. The standard InChI is InChI=1S/C14H12I2S2/c15-13-7-3-1-5-11(13)9-17-18-10-12-6-2-4-8-14(12)16/h1-8H,9-10H2. The van der Waals surface area contributed by atoms with E-state index in [4.69, 9.17) is 0 Å². The fourth-order valence-corrected chi connectivity index (χ4v) is 5.30. The van der Waals surface area contributed by atoms with E-state index in [1.165, 1.54) is 18.3 Å². The zero-order chi connectivity index (χ0) is 12.8. The van der Waals surface area contributed by atoms with Gasteiger partial charge in [0.1, 0.15) is 0 Å². The van der Waals surface area contributed by atoms with E-state index in [1.807, 2.05) is 21.6 Å². The molecule has 0 saturated carbocycles. The normalized spacial score (nSPS) is 10.6. The molecule has 0 heterocycles. The summed E-state index contributed by atoms with van der Waals surface area (Å²) in [5.74, 6) is 2.15. The molecule has 0 aliphatic heterocycles. The molecule has 2 aromatic carbocycles. The van der Waals surface area contributed by atoms with Crippen molar-refractivity contribution < 1.29 is 0 Å². The number of rotatable bonds is 5. The van der Waals surface area contributed by atoms with E-state index in [0.29, 0.717) is 0 Å². The number of hydrogen-bond donors (Lipinski definition) is 0. The molecule has 0 unspecified atom stereocenters. The molecule has 0 bridgehead atoms. The molecule has 0 aliphatic rings. The minimum absolute atomic E-state index is 1.08. The van der Waals surface area contributed by atoms with Gasteiger partial charge in [0.25, 0.3) is 0 Å². The average molecular weight is 498 g/mol. The van der Waals surface area contributed by atoms with Crippen molar-refractivity contribution >= 4 is 66.8 Å². The van der Waals surface area contributed by atoms with Crippen molar-refractivity contribution in [1.29, 1.82) is 0 Å². The van der Waals surface area contributed by atoms with Gasteiger partial charge < -0.3 is 0 Å². The first-order valence-electron chi connectivity index (χ1n) is 5.48. The van der Waals surface area contributed by atoms with Crippen LogP contribution in [0, 0.1) is 7.14 Å².